The van der Waals surface area contributed by atoms with E-state index in [1.807, 2.05) is 19.1 Å². The first kappa shape index (κ1) is 10.2. The van der Waals surface area contributed by atoms with Crippen molar-refractivity contribution in [3.63, 3.8) is 0 Å². The molecule has 0 saturated carbocycles. The maximum absolute atomic E-state index is 8.67. The van der Waals surface area contributed by atoms with Crippen LogP contribution >= 0.6 is 0 Å². The molecule has 0 radical (unpaired) electrons. The van der Waals surface area contributed by atoms with Crippen molar-refractivity contribution < 1.29 is 5.11 Å². The standard InChI is InChI=1S/C10H16N2O/c1-8-2-4-12-10(6-8)7-9(11)3-5-13/h2,4,6,9,13H,3,5,7,11H2,1H3/t9-/m0/s1. The van der Waals surface area contributed by atoms with Gasteiger partial charge in [-0.05, 0) is 31.0 Å². The number of hydrogen-bond acceptors (Lipinski definition) is 3. The Morgan fingerprint density at radius 1 is 1.62 bits per heavy atom. The molecule has 1 aromatic heterocycles. The highest BCUT2D eigenvalue weighted by Gasteiger charge is 2.03. The maximum Gasteiger partial charge on any atom is 0.0445 e. The number of rotatable bonds is 4. The molecule has 0 fully saturated rings. The van der Waals surface area contributed by atoms with Crippen molar-refractivity contribution in [3.8, 4) is 0 Å². The first-order valence-corrected chi connectivity index (χ1v) is 4.50. The third kappa shape index (κ3) is 3.53. The minimum absolute atomic E-state index is 0.0132. The van der Waals surface area contributed by atoms with Gasteiger partial charge in [0, 0.05) is 31.0 Å². The Bertz CT molecular complexity index is 263. The van der Waals surface area contributed by atoms with Crippen LogP contribution in [0.25, 0.3) is 0 Å². The van der Waals surface area contributed by atoms with Gasteiger partial charge in [-0.2, -0.15) is 0 Å². The van der Waals surface area contributed by atoms with Gasteiger partial charge in [0.05, 0.1) is 0 Å². The van der Waals surface area contributed by atoms with E-state index in [-0.39, 0.29) is 12.6 Å². The van der Waals surface area contributed by atoms with E-state index in [1.54, 1.807) is 6.20 Å². The van der Waals surface area contributed by atoms with E-state index in [0.29, 0.717) is 6.42 Å². The number of nitrogens with zero attached hydrogens (tertiary/aromatic N) is 1. The Balaban J connectivity index is 2.53. The molecular formula is C10H16N2O. The summed E-state index contributed by atoms with van der Waals surface area (Å²) in [5, 5.41) is 8.67. The second kappa shape index (κ2) is 4.94. The minimum Gasteiger partial charge on any atom is -0.396 e. The summed E-state index contributed by atoms with van der Waals surface area (Å²) < 4.78 is 0. The van der Waals surface area contributed by atoms with E-state index >= 15 is 0 Å². The largest absolute Gasteiger partial charge is 0.396 e. The van der Waals surface area contributed by atoms with Crippen molar-refractivity contribution in [2.24, 2.45) is 5.73 Å². The highest BCUT2D eigenvalue weighted by atomic mass is 16.3. The number of aliphatic hydroxyl groups excluding tert-OH is 1. The molecule has 0 spiro atoms. The third-order valence-corrected chi connectivity index (χ3v) is 1.94. The van der Waals surface area contributed by atoms with E-state index in [1.165, 1.54) is 5.56 Å². The number of nitrogens with two attached hydrogens (primary N) is 1. The third-order valence-electron chi connectivity index (χ3n) is 1.94. The van der Waals surface area contributed by atoms with Crippen LogP contribution in [-0.2, 0) is 6.42 Å². The van der Waals surface area contributed by atoms with Gasteiger partial charge in [-0.15, -0.1) is 0 Å². The fourth-order valence-corrected chi connectivity index (χ4v) is 1.25. The molecular weight excluding hydrogens is 164 g/mol. The average Bonchev–Trinajstić information content (AvgIpc) is 2.04. The molecule has 0 aliphatic heterocycles. The molecule has 0 aliphatic carbocycles. The Hall–Kier alpha value is -0.930. The highest BCUT2D eigenvalue weighted by molar-refractivity contribution is 5.15. The summed E-state index contributed by atoms with van der Waals surface area (Å²) in [6.45, 7) is 2.18. The van der Waals surface area contributed by atoms with Crippen molar-refractivity contribution in [2.45, 2.75) is 25.8 Å². The number of aliphatic hydroxyl groups is 1. The molecule has 13 heavy (non-hydrogen) atoms. The molecule has 3 N–H and O–H groups in total. The second-order valence-electron chi connectivity index (χ2n) is 3.30. The molecule has 1 rings (SSSR count). The van der Waals surface area contributed by atoms with Crippen molar-refractivity contribution in [1.29, 1.82) is 0 Å². The molecule has 0 bridgehead atoms. The highest BCUT2D eigenvalue weighted by Crippen LogP contribution is 2.03. The quantitative estimate of drug-likeness (QED) is 0.715. The zero-order valence-corrected chi connectivity index (χ0v) is 7.90. The topological polar surface area (TPSA) is 59.1 Å². The van der Waals surface area contributed by atoms with Gasteiger partial charge in [0.2, 0.25) is 0 Å². The Labute approximate surface area is 78.6 Å². The zero-order chi connectivity index (χ0) is 9.68. The molecule has 1 heterocycles. The van der Waals surface area contributed by atoms with Crippen LogP contribution in [0.3, 0.4) is 0 Å². The lowest BCUT2D eigenvalue weighted by atomic mass is 10.1. The molecule has 0 saturated heterocycles. The van der Waals surface area contributed by atoms with Crippen LogP contribution in [0.1, 0.15) is 17.7 Å². The van der Waals surface area contributed by atoms with Gasteiger partial charge < -0.3 is 10.8 Å². The molecule has 3 heteroatoms. The molecule has 0 aromatic carbocycles. The first-order valence-electron chi connectivity index (χ1n) is 4.50. The van der Waals surface area contributed by atoms with Crippen molar-refractivity contribution in [1.82, 2.24) is 4.98 Å². The summed E-state index contributed by atoms with van der Waals surface area (Å²) in [4.78, 5) is 4.20. The summed E-state index contributed by atoms with van der Waals surface area (Å²) in [5.74, 6) is 0. The smallest absolute Gasteiger partial charge is 0.0445 e. The molecule has 0 amide bonds. The molecule has 1 aromatic rings. The van der Waals surface area contributed by atoms with Gasteiger partial charge in [-0.3, -0.25) is 4.98 Å². The lowest BCUT2D eigenvalue weighted by Gasteiger charge is -2.08. The van der Waals surface area contributed by atoms with Crippen molar-refractivity contribution in [2.75, 3.05) is 6.61 Å². The van der Waals surface area contributed by atoms with Crippen LogP contribution in [-0.4, -0.2) is 22.7 Å². The van der Waals surface area contributed by atoms with Crippen LogP contribution in [0, 0.1) is 6.92 Å². The summed E-state index contributed by atoms with van der Waals surface area (Å²) in [7, 11) is 0. The summed E-state index contributed by atoms with van der Waals surface area (Å²) in [5.41, 5.74) is 7.96. The molecule has 3 nitrogen and oxygen atoms in total. The normalized spacial score (nSPS) is 12.8. The van der Waals surface area contributed by atoms with Crippen molar-refractivity contribution >= 4 is 0 Å². The second-order valence-corrected chi connectivity index (χ2v) is 3.30. The number of hydrogen-bond donors (Lipinski definition) is 2. The SMILES string of the molecule is Cc1ccnc(C[C@@H](N)CCO)c1. The predicted molar refractivity (Wildman–Crippen MR) is 52.4 cm³/mol. The maximum atomic E-state index is 8.67. The van der Waals surface area contributed by atoms with Crippen molar-refractivity contribution in [3.05, 3.63) is 29.6 Å². The minimum atomic E-state index is 0.0132. The fraction of sp³-hybridized carbons (Fsp3) is 0.500. The van der Waals surface area contributed by atoms with Gasteiger partial charge in [0.25, 0.3) is 0 Å². The van der Waals surface area contributed by atoms with E-state index in [4.69, 9.17) is 10.8 Å². The molecule has 1 atom stereocenters. The van der Waals surface area contributed by atoms with Crippen LogP contribution in [0.5, 0.6) is 0 Å². The number of aromatic nitrogens is 1. The monoisotopic (exact) mass is 180 g/mol. The van der Waals surface area contributed by atoms with Gasteiger partial charge in [-0.1, -0.05) is 0 Å². The Morgan fingerprint density at radius 2 is 2.38 bits per heavy atom. The molecule has 0 unspecified atom stereocenters. The van der Waals surface area contributed by atoms with Crippen LogP contribution < -0.4 is 5.73 Å². The van der Waals surface area contributed by atoms with E-state index < -0.39 is 0 Å². The van der Waals surface area contributed by atoms with Gasteiger partial charge in [-0.25, -0.2) is 0 Å². The van der Waals surface area contributed by atoms with Crippen LogP contribution in [0.4, 0.5) is 0 Å². The van der Waals surface area contributed by atoms with Gasteiger partial charge >= 0.3 is 0 Å². The van der Waals surface area contributed by atoms with Gasteiger partial charge in [0.1, 0.15) is 0 Å². The first-order chi connectivity index (χ1) is 6.22. The summed E-state index contributed by atoms with van der Waals surface area (Å²) >= 11 is 0. The van der Waals surface area contributed by atoms with E-state index in [0.717, 1.165) is 12.1 Å². The predicted octanol–water partition coefficient (Wildman–Crippen LogP) is 0.642. The van der Waals surface area contributed by atoms with Crippen LogP contribution in [0.2, 0.25) is 0 Å². The Kier molecular flexibility index (Phi) is 3.86. The average molecular weight is 180 g/mol. The van der Waals surface area contributed by atoms with E-state index in [9.17, 15) is 0 Å². The molecule has 72 valence electrons. The summed E-state index contributed by atoms with van der Waals surface area (Å²) in [6.07, 6.45) is 3.16. The van der Waals surface area contributed by atoms with Crippen LogP contribution in [0.15, 0.2) is 18.3 Å². The fourth-order valence-electron chi connectivity index (χ4n) is 1.25. The number of aryl methyl sites for hydroxylation is 1. The number of pyridine rings is 1. The van der Waals surface area contributed by atoms with E-state index in [2.05, 4.69) is 4.98 Å². The molecule has 0 aliphatic rings. The summed E-state index contributed by atoms with van der Waals surface area (Å²) in [6, 6.07) is 4.00. The zero-order valence-electron chi connectivity index (χ0n) is 7.90. The Morgan fingerprint density at radius 3 is 3.00 bits per heavy atom. The lowest BCUT2D eigenvalue weighted by Crippen LogP contribution is -2.24. The van der Waals surface area contributed by atoms with Gasteiger partial charge in [0.15, 0.2) is 0 Å². The lowest BCUT2D eigenvalue weighted by molar-refractivity contribution is 0.275.